The molecule has 0 spiro atoms. The molecule has 0 aliphatic carbocycles. The van der Waals surface area contributed by atoms with Crippen molar-refractivity contribution in [3.05, 3.63) is 76.3 Å². The number of hydrogen-bond acceptors (Lipinski definition) is 3. The monoisotopic (exact) mass is 407 g/mol. The highest BCUT2D eigenvalue weighted by Crippen LogP contribution is 2.31. The van der Waals surface area contributed by atoms with Gasteiger partial charge in [0.2, 0.25) is 0 Å². The van der Waals surface area contributed by atoms with Gasteiger partial charge < -0.3 is 9.52 Å². The van der Waals surface area contributed by atoms with Crippen molar-refractivity contribution >= 4 is 32.8 Å². The molecule has 2 aromatic carbocycles. The van der Waals surface area contributed by atoms with Crippen molar-refractivity contribution < 1.29 is 14.3 Å². The minimum atomic E-state index is -0.983. The van der Waals surface area contributed by atoms with Crippen LogP contribution < -0.4 is 0 Å². The van der Waals surface area contributed by atoms with Gasteiger partial charge in [0.15, 0.2) is 5.76 Å². The molecule has 0 fully saturated rings. The van der Waals surface area contributed by atoms with E-state index < -0.39 is 5.97 Å². The second kappa shape index (κ2) is 6.42. The Morgan fingerprint density at radius 3 is 2.62 bits per heavy atom. The Morgan fingerprint density at radius 2 is 1.85 bits per heavy atom. The summed E-state index contributed by atoms with van der Waals surface area (Å²) >= 11 is 3.45. The SMILES string of the molecule is Cc1ccc2nc(-c3ccc(-c4cccc(Br)c4)o3)cc(C(=O)O)c2c1. The minimum absolute atomic E-state index is 0.217. The Balaban J connectivity index is 1.85. The van der Waals surface area contributed by atoms with E-state index in [-0.39, 0.29) is 5.56 Å². The fraction of sp³-hybridized carbons (Fsp3) is 0.0476. The van der Waals surface area contributed by atoms with E-state index in [1.165, 1.54) is 0 Å². The van der Waals surface area contributed by atoms with Crippen LogP contribution in [-0.2, 0) is 0 Å². The average molecular weight is 408 g/mol. The fourth-order valence-electron chi connectivity index (χ4n) is 2.92. The maximum absolute atomic E-state index is 11.7. The summed E-state index contributed by atoms with van der Waals surface area (Å²) in [5.74, 6) is 0.247. The molecule has 1 N–H and O–H groups in total. The zero-order valence-corrected chi connectivity index (χ0v) is 15.4. The molecule has 0 saturated carbocycles. The van der Waals surface area contributed by atoms with Gasteiger partial charge >= 0.3 is 5.97 Å². The average Bonchev–Trinajstić information content (AvgIpc) is 3.11. The Kier molecular flexibility index (Phi) is 4.09. The van der Waals surface area contributed by atoms with E-state index in [1.54, 1.807) is 6.07 Å². The highest BCUT2D eigenvalue weighted by Gasteiger charge is 2.15. The summed E-state index contributed by atoms with van der Waals surface area (Å²) in [7, 11) is 0. The summed E-state index contributed by atoms with van der Waals surface area (Å²) < 4.78 is 6.90. The maximum Gasteiger partial charge on any atom is 0.336 e. The highest BCUT2D eigenvalue weighted by atomic mass is 79.9. The van der Waals surface area contributed by atoms with E-state index in [0.29, 0.717) is 28.1 Å². The lowest BCUT2D eigenvalue weighted by atomic mass is 10.0. The lowest BCUT2D eigenvalue weighted by molar-refractivity contribution is 0.0699. The van der Waals surface area contributed by atoms with Gasteiger partial charge in [-0.1, -0.05) is 39.7 Å². The smallest absolute Gasteiger partial charge is 0.336 e. The van der Waals surface area contributed by atoms with Gasteiger partial charge in [-0.3, -0.25) is 0 Å². The summed E-state index contributed by atoms with van der Waals surface area (Å²) in [6.45, 7) is 1.93. The molecule has 4 rings (SSSR count). The molecule has 0 aliphatic rings. The third kappa shape index (κ3) is 3.02. The number of nitrogens with zero attached hydrogens (tertiary/aromatic N) is 1. The van der Waals surface area contributed by atoms with Crippen molar-refractivity contribution in [2.45, 2.75) is 6.92 Å². The molecule has 0 unspecified atom stereocenters. The van der Waals surface area contributed by atoms with E-state index in [0.717, 1.165) is 15.6 Å². The molecular weight excluding hydrogens is 394 g/mol. The number of halogens is 1. The molecule has 26 heavy (non-hydrogen) atoms. The number of aromatic carboxylic acids is 1. The Labute approximate surface area is 158 Å². The number of aromatic nitrogens is 1. The van der Waals surface area contributed by atoms with Gasteiger partial charge in [-0.25, -0.2) is 9.78 Å². The van der Waals surface area contributed by atoms with E-state index in [1.807, 2.05) is 61.5 Å². The van der Waals surface area contributed by atoms with E-state index in [4.69, 9.17) is 4.42 Å². The summed E-state index contributed by atoms with van der Waals surface area (Å²) in [4.78, 5) is 16.3. The van der Waals surface area contributed by atoms with Gasteiger partial charge in [0.25, 0.3) is 0 Å². The van der Waals surface area contributed by atoms with Gasteiger partial charge in [-0.2, -0.15) is 0 Å². The summed E-state index contributed by atoms with van der Waals surface area (Å²) in [5, 5.41) is 10.2. The van der Waals surface area contributed by atoms with Crippen molar-refractivity contribution in [2.75, 3.05) is 0 Å². The normalized spacial score (nSPS) is 11.0. The number of pyridine rings is 1. The number of carboxylic acid groups (broad SMARTS) is 1. The molecule has 0 aliphatic heterocycles. The zero-order valence-electron chi connectivity index (χ0n) is 13.9. The van der Waals surface area contributed by atoms with Gasteiger partial charge in [0.1, 0.15) is 11.5 Å². The van der Waals surface area contributed by atoms with E-state index in [9.17, 15) is 9.90 Å². The summed E-state index contributed by atoms with van der Waals surface area (Å²) in [6.07, 6.45) is 0. The van der Waals surface area contributed by atoms with Crippen LogP contribution in [0.15, 0.2) is 69.6 Å². The zero-order chi connectivity index (χ0) is 18.3. The van der Waals surface area contributed by atoms with Gasteiger partial charge in [0, 0.05) is 15.4 Å². The van der Waals surface area contributed by atoms with Crippen LogP contribution in [-0.4, -0.2) is 16.1 Å². The minimum Gasteiger partial charge on any atom is -0.478 e. The molecule has 0 bridgehead atoms. The molecule has 2 heterocycles. The number of carbonyl (C=O) groups is 1. The van der Waals surface area contributed by atoms with Crippen molar-refractivity contribution in [3.8, 4) is 22.8 Å². The van der Waals surface area contributed by atoms with E-state index in [2.05, 4.69) is 20.9 Å². The summed E-state index contributed by atoms with van der Waals surface area (Å²) in [6, 6.07) is 18.6. The molecule has 4 aromatic rings. The van der Waals surface area contributed by atoms with Crippen molar-refractivity contribution in [1.29, 1.82) is 0 Å². The largest absolute Gasteiger partial charge is 0.478 e. The first-order valence-corrected chi connectivity index (χ1v) is 8.81. The number of carboxylic acids is 1. The van der Waals surface area contributed by atoms with Crippen LogP contribution >= 0.6 is 15.9 Å². The fourth-order valence-corrected chi connectivity index (χ4v) is 3.31. The van der Waals surface area contributed by atoms with Crippen LogP contribution in [0.25, 0.3) is 33.7 Å². The van der Waals surface area contributed by atoms with Gasteiger partial charge in [-0.15, -0.1) is 0 Å². The number of hydrogen-bond donors (Lipinski definition) is 1. The Morgan fingerprint density at radius 1 is 1.04 bits per heavy atom. The number of rotatable bonds is 3. The first-order valence-electron chi connectivity index (χ1n) is 8.02. The highest BCUT2D eigenvalue weighted by molar-refractivity contribution is 9.10. The van der Waals surface area contributed by atoms with Crippen molar-refractivity contribution in [3.63, 3.8) is 0 Å². The number of furan rings is 1. The molecule has 128 valence electrons. The Bertz CT molecular complexity index is 1150. The predicted molar refractivity (Wildman–Crippen MR) is 104 cm³/mol. The predicted octanol–water partition coefficient (Wildman–Crippen LogP) is 5.93. The maximum atomic E-state index is 11.7. The standard InChI is InChI=1S/C21H14BrNO3/c1-12-5-6-17-15(9-12)16(21(24)25)11-18(23-17)20-8-7-19(26-20)13-3-2-4-14(22)10-13/h2-11H,1H3,(H,24,25). The molecule has 2 aromatic heterocycles. The third-order valence-electron chi connectivity index (χ3n) is 4.16. The molecular formula is C21H14BrNO3. The molecule has 4 nitrogen and oxygen atoms in total. The topological polar surface area (TPSA) is 63.3 Å². The van der Waals surface area contributed by atoms with Crippen LogP contribution in [0.2, 0.25) is 0 Å². The second-order valence-corrected chi connectivity index (χ2v) is 6.97. The number of aryl methyl sites for hydroxylation is 1. The lowest BCUT2D eigenvalue weighted by Crippen LogP contribution is -2.00. The molecule has 5 heteroatoms. The number of benzene rings is 2. The van der Waals surface area contributed by atoms with Crippen LogP contribution in [0, 0.1) is 6.92 Å². The first-order chi connectivity index (χ1) is 12.5. The van der Waals surface area contributed by atoms with Crippen LogP contribution in [0.5, 0.6) is 0 Å². The molecule has 0 radical (unpaired) electrons. The third-order valence-corrected chi connectivity index (χ3v) is 4.66. The van der Waals surface area contributed by atoms with Gasteiger partial charge in [-0.05, 0) is 49.4 Å². The van der Waals surface area contributed by atoms with Gasteiger partial charge in [0.05, 0.1) is 11.1 Å². The first kappa shape index (κ1) is 16.5. The molecule has 0 amide bonds. The molecule has 0 atom stereocenters. The second-order valence-electron chi connectivity index (χ2n) is 6.06. The quantitative estimate of drug-likeness (QED) is 0.456. The lowest BCUT2D eigenvalue weighted by Gasteiger charge is -2.06. The van der Waals surface area contributed by atoms with Crippen molar-refractivity contribution in [2.24, 2.45) is 0 Å². The van der Waals surface area contributed by atoms with Crippen LogP contribution in [0.1, 0.15) is 15.9 Å². The Hall–Kier alpha value is -2.92. The number of fused-ring (bicyclic) bond motifs is 1. The van der Waals surface area contributed by atoms with Crippen LogP contribution in [0.3, 0.4) is 0 Å². The summed E-state index contributed by atoms with van der Waals surface area (Å²) in [5.41, 5.74) is 3.27. The molecule has 0 saturated heterocycles. The van der Waals surface area contributed by atoms with Crippen molar-refractivity contribution in [1.82, 2.24) is 4.98 Å². The van der Waals surface area contributed by atoms with E-state index >= 15 is 0 Å². The van der Waals surface area contributed by atoms with Crippen LogP contribution in [0.4, 0.5) is 0 Å².